The summed E-state index contributed by atoms with van der Waals surface area (Å²) in [4.78, 5) is 0. The van der Waals surface area contributed by atoms with Crippen molar-refractivity contribution >= 4 is 24.5 Å². The van der Waals surface area contributed by atoms with Crippen LogP contribution in [0, 0.1) is 13.8 Å². The lowest BCUT2D eigenvalue weighted by Crippen LogP contribution is -2.55. The largest absolute Gasteiger partial charge is 0.488 e. The van der Waals surface area contributed by atoms with Crippen molar-refractivity contribution in [2.24, 2.45) is 0 Å². The Morgan fingerprint density at radius 1 is 0.615 bits per heavy atom. The molecule has 0 aliphatic heterocycles. The lowest BCUT2D eigenvalue weighted by molar-refractivity contribution is 0.300. The molecule has 262 valence electrons. The van der Waals surface area contributed by atoms with Crippen molar-refractivity contribution in [1.29, 1.82) is 0 Å². The molecule has 6 aromatic rings. The van der Waals surface area contributed by atoms with Crippen molar-refractivity contribution in [1.82, 2.24) is 0 Å². The van der Waals surface area contributed by atoms with E-state index in [0.29, 0.717) is 6.61 Å². The van der Waals surface area contributed by atoms with Gasteiger partial charge in [-0.2, -0.15) is 0 Å². The molecule has 52 heavy (non-hydrogen) atoms. The van der Waals surface area contributed by atoms with Crippen LogP contribution >= 0.6 is 0 Å². The Hall–Kier alpha value is -4.92. The van der Waals surface area contributed by atoms with E-state index in [1.54, 1.807) is 0 Å². The molecule has 0 aromatic heterocycles. The SMILES string of the molecule is Cc1ccc([Si](C)(C)c2cccc3c2C=CC3)c(-c2cc(C(C)(C)c3ccccc3)cc(C(C)(C)c3ccccc3)c2OCc2ccccc2)c1C. The fourth-order valence-electron chi connectivity index (χ4n) is 8.22. The summed E-state index contributed by atoms with van der Waals surface area (Å²) in [6.45, 7) is 19.6. The van der Waals surface area contributed by atoms with Gasteiger partial charge in [-0.05, 0) is 86.8 Å². The van der Waals surface area contributed by atoms with E-state index in [-0.39, 0.29) is 10.8 Å². The number of hydrogen-bond acceptors (Lipinski definition) is 1. The lowest BCUT2D eigenvalue weighted by Gasteiger charge is -2.35. The zero-order valence-electron chi connectivity index (χ0n) is 32.2. The smallest absolute Gasteiger partial charge is 0.131 e. The van der Waals surface area contributed by atoms with Gasteiger partial charge in [0.05, 0.1) is 0 Å². The quantitative estimate of drug-likeness (QED) is 0.130. The van der Waals surface area contributed by atoms with Gasteiger partial charge in [-0.25, -0.2) is 0 Å². The van der Waals surface area contributed by atoms with Gasteiger partial charge in [0.15, 0.2) is 0 Å². The molecule has 1 nitrogen and oxygen atoms in total. The fourth-order valence-corrected chi connectivity index (χ4v) is 11.4. The summed E-state index contributed by atoms with van der Waals surface area (Å²) < 4.78 is 7.24. The predicted molar refractivity (Wildman–Crippen MR) is 225 cm³/mol. The van der Waals surface area contributed by atoms with E-state index < -0.39 is 8.07 Å². The van der Waals surface area contributed by atoms with Crippen LogP contribution in [0.5, 0.6) is 5.75 Å². The molecule has 0 heterocycles. The highest BCUT2D eigenvalue weighted by Gasteiger charge is 2.37. The summed E-state index contributed by atoms with van der Waals surface area (Å²) in [5, 5.41) is 2.95. The van der Waals surface area contributed by atoms with Gasteiger partial charge in [-0.3, -0.25) is 0 Å². The van der Waals surface area contributed by atoms with Crippen LogP contribution in [-0.4, -0.2) is 8.07 Å². The Morgan fingerprint density at radius 3 is 1.88 bits per heavy atom. The molecule has 7 rings (SSSR count). The minimum atomic E-state index is -2.27. The lowest BCUT2D eigenvalue weighted by atomic mass is 9.71. The summed E-state index contributed by atoms with van der Waals surface area (Å²) >= 11 is 0. The van der Waals surface area contributed by atoms with Gasteiger partial charge in [-0.15, -0.1) is 0 Å². The number of benzene rings is 6. The maximum atomic E-state index is 7.24. The van der Waals surface area contributed by atoms with Crippen molar-refractivity contribution in [3.8, 4) is 16.9 Å². The fraction of sp³-hybridized carbons (Fsp3) is 0.240. The zero-order valence-corrected chi connectivity index (χ0v) is 33.2. The normalized spacial score (nSPS) is 12.9. The summed E-state index contributed by atoms with van der Waals surface area (Å²) in [6, 6.07) is 49.2. The molecule has 0 bridgehead atoms. The molecule has 0 fully saturated rings. The standard InChI is InChI=1S/C50H52OSi/c1-35-30-31-46(52(7,8)45-29-19-23-38-22-18-28-42(38)45)47(36(35)2)43-32-41(49(3,4)39-24-14-10-15-25-39)33-44(50(5,6)40-26-16-11-17-27-40)48(43)51-34-37-20-12-9-13-21-37/h9-21,23-33H,22,34H2,1-8H3. The summed E-state index contributed by atoms with van der Waals surface area (Å²) in [5.41, 5.74) is 13.6. The maximum absolute atomic E-state index is 7.24. The average molecular weight is 697 g/mol. The van der Waals surface area contributed by atoms with E-state index in [2.05, 4.69) is 200 Å². The minimum Gasteiger partial charge on any atom is -0.488 e. The molecular formula is C50H52OSi. The monoisotopic (exact) mass is 696 g/mol. The summed E-state index contributed by atoms with van der Waals surface area (Å²) in [5.74, 6) is 0.975. The minimum absolute atomic E-state index is 0.259. The van der Waals surface area contributed by atoms with Crippen molar-refractivity contribution in [3.05, 3.63) is 190 Å². The molecule has 0 saturated heterocycles. The first-order chi connectivity index (χ1) is 24.9. The van der Waals surface area contributed by atoms with E-state index in [4.69, 9.17) is 4.74 Å². The van der Waals surface area contributed by atoms with Crippen molar-refractivity contribution in [3.63, 3.8) is 0 Å². The highest BCUT2D eigenvalue weighted by molar-refractivity contribution is 7.01. The van der Waals surface area contributed by atoms with Gasteiger partial charge in [0.2, 0.25) is 0 Å². The van der Waals surface area contributed by atoms with E-state index in [1.807, 2.05) is 0 Å². The molecule has 0 amide bonds. The predicted octanol–water partition coefficient (Wildman–Crippen LogP) is 11.6. The van der Waals surface area contributed by atoms with Crippen molar-refractivity contribution in [2.45, 2.75) is 78.5 Å². The molecular weight excluding hydrogens is 645 g/mol. The number of hydrogen-bond donors (Lipinski definition) is 0. The van der Waals surface area contributed by atoms with Gasteiger partial charge in [-0.1, -0.05) is 180 Å². The Bertz CT molecular complexity index is 2240. The van der Waals surface area contributed by atoms with Crippen LogP contribution in [0.25, 0.3) is 17.2 Å². The van der Waals surface area contributed by atoms with E-state index >= 15 is 0 Å². The third-order valence-corrected chi connectivity index (χ3v) is 15.4. The molecule has 6 aromatic carbocycles. The second-order valence-corrected chi connectivity index (χ2v) is 20.5. The second kappa shape index (κ2) is 13.9. The first-order valence-corrected chi connectivity index (χ1v) is 21.8. The van der Waals surface area contributed by atoms with Crippen molar-refractivity contribution in [2.75, 3.05) is 0 Å². The summed E-state index contributed by atoms with van der Waals surface area (Å²) in [7, 11) is -2.27. The van der Waals surface area contributed by atoms with Crippen LogP contribution in [0.1, 0.15) is 77.8 Å². The molecule has 1 aliphatic rings. The molecule has 1 aliphatic carbocycles. The first kappa shape index (κ1) is 35.5. The molecule has 0 radical (unpaired) electrons. The summed E-state index contributed by atoms with van der Waals surface area (Å²) in [6.07, 6.45) is 5.69. The Labute approximate surface area is 313 Å². The zero-order chi connectivity index (χ0) is 36.7. The Morgan fingerprint density at radius 2 is 1.23 bits per heavy atom. The number of aryl methyl sites for hydroxylation is 1. The van der Waals surface area contributed by atoms with E-state index in [9.17, 15) is 0 Å². The third-order valence-electron chi connectivity index (χ3n) is 11.9. The van der Waals surface area contributed by atoms with Gasteiger partial charge < -0.3 is 4.74 Å². The van der Waals surface area contributed by atoms with Crippen LogP contribution in [0.15, 0.2) is 140 Å². The molecule has 0 saturated carbocycles. The first-order valence-electron chi connectivity index (χ1n) is 18.8. The Balaban J connectivity index is 1.57. The van der Waals surface area contributed by atoms with E-state index in [1.165, 1.54) is 66.0 Å². The van der Waals surface area contributed by atoms with Gasteiger partial charge >= 0.3 is 0 Å². The molecule has 2 heteroatoms. The molecule has 0 N–H and O–H groups in total. The third kappa shape index (κ3) is 6.39. The van der Waals surface area contributed by atoms with Crippen LogP contribution in [0.4, 0.5) is 0 Å². The van der Waals surface area contributed by atoms with E-state index in [0.717, 1.165) is 17.7 Å². The average Bonchev–Trinajstić information content (AvgIpc) is 3.65. The molecule has 0 spiro atoms. The van der Waals surface area contributed by atoms with Crippen LogP contribution in [-0.2, 0) is 23.9 Å². The maximum Gasteiger partial charge on any atom is 0.131 e. The van der Waals surface area contributed by atoms with Gasteiger partial charge in [0.1, 0.15) is 20.4 Å². The topological polar surface area (TPSA) is 9.23 Å². The van der Waals surface area contributed by atoms with Crippen LogP contribution in [0.3, 0.4) is 0 Å². The number of rotatable bonds is 10. The highest BCUT2D eigenvalue weighted by Crippen LogP contribution is 2.47. The Kier molecular flexibility index (Phi) is 9.48. The highest BCUT2D eigenvalue weighted by atomic mass is 28.3. The number of ether oxygens (including phenoxy) is 1. The molecule has 0 atom stereocenters. The van der Waals surface area contributed by atoms with Crippen molar-refractivity contribution < 1.29 is 4.74 Å². The van der Waals surface area contributed by atoms with Crippen LogP contribution < -0.4 is 15.1 Å². The molecule has 0 unspecified atom stereocenters. The van der Waals surface area contributed by atoms with Crippen LogP contribution in [0.2, 0.25) is 13.1 Å². The number of fused-ring (bicyclic) bond motifs is 1. The second-order valence-electron chi connectivity index (χ2n) is 16.2. The van der Waals surface area contributed by atoms with Gasteiger partial charge in [0, 0.05) is 22.0 Å². The van der Waals surface area contributed by atoms with Gasteiger partial charge in [0.25, 0.3) is 0 Å². The number of allylic oxidation sites excluding steroid dienone is 1.